The molecule has 0 radical (unpaired) electrons. The van der Waals surface area contributed by atoms with Crippen molar-refractivity contribution in [2.75, 3.05) is 6.61 Å². The van der Waals surface area contributed by atoms with Crippen LogP contribution in [0.3, 0.4) is 0 Å². The Kier molecular flexibility index (Phi) is 2.73. The van der Waals surface area contributed by atoms with Crippen LogP contribution in [0, 0.1) is 11.8 Å². The number of hydrogen-bond donors (Lipinski definition) is 1. The Labute approximate surface area is 85.1 Å². The Morgan fingerprint density at radius 3 is 2.50 bits per heavy atom. The van der Waals surface area contributed by atoms with E-state index in [0.29, 0.717) is 6.54 Å². The molecule has 1 aliphatic rings. The van der Waals surface area contributed by atoms with E-state index in [0.717, 1.165) is 29.8 Å². The monoisotopic (exact) mass is 191 g/mol. The molecule has 1 fully saturated rings. The number of hydrogen-bond acceptors (Lipinski definition) is 2. The number of ether oxygens (including phenoxy) is 1. The Hall–Kier alpha value is -1.02. The van der Waals surface area contributed by atoms with E-state index < -0.39 is 0 Å². The fraction of sp³-hybridized carbons (Fsp3) is 0.500. The number of rotatable bonds is 4. The van der Waals surface area contributed by atoms with Gasteiger partial charge < -0.3 is 10.5 Å². The number of nitrogens with two attached hydrogens (primary N) is 1. The lowest BCUT2D eigenvalue weighted by Crippen LogP contribution is -2.01. The quantitative estimate of drug-likeness (QED) is 0.791. The van der Waals surface area contributed by atoms with Crippen LogP contribution in [0.5, 0.6) is 5.75 Å². The van der Waals surface area contributed by atoms with Gasteiger partial charge in [0.05, 0.1) is 6.61 Å². The fourth-order valence-corrected chi connectivity index (χ4v) is 1.56. The van der Waals surface area contributed by atoms with Gasteiger partial charge in [-0.25, -0.2) is 0 Å². The predicted molar refractivity (Wildman–Crippen MR) is 57.1 cm³/mol. The van der Waals surface area contributed by atoms with Gasteiger partial charge in [0.25, 0.3) is 0 Å². The molecule has 1 aliphatic carbocycles. The average Bonchev–Trinajstić information content (AvgIpc) is 2.92. The minimum absolute atomic E-state index is 0.597. The topological polar surface area (TPSA) is 35.2 Å². The molecule has 0 aromatic heterocycles. The van der Waals surface area contributed by atoms with E-state index in [1.54, 1.807) is 0 Å². The Balaban J connectivity index is 1.84. The molecule has 0 spiro atoms. The second-order valence-electron chi connectivity index (χ2n) is 4.13. The van der Waals surface area contributed by atoms with Crippen LogP contribution < -0.4 is 10.5 Å². The van der Waals surface area contributed by atoms with Gasteiger partial charge in [-0.2, -0.15) is 0 Å². The highest BCUT2D eigenvalue weighted by atomic mass is 16.5. The second-order valence-corrected chi connectivity index (χ2v) is 4.13. The van der Waals surface area contributed by atoms with Crippen LogP contribution in [0.2, 0.25) is 0 Å². The van der Waals surface area contributed by atoms with Crippen LogP contribution in [0.1, 0.15) is 18.9 Å². The third kappa shape index (κ3) is 2.26. The van der Waals surface area contributed by atoms with Crippen molar-refractivity contribution < 1.29 is 4.74 Å². The fourth-order valence-electron chi connectivity index (χ4n) is 1.56. The normalized spacial score (nSPS) is 24.7. The molecule has 76 valence electrons. The van der Waals surface area contributed by atoms with Crippen LogP contribution in [-0.4, -0.2) is 6.61 Å². The van der Waals surface area contributed by atoms with Gasteiger partial charge in [-0.3, -0.25) is 0 Å². The van der Waals surface area contributed by atoms with Crippen molar-refractivity contribution in [1.82, 2.24) is 0 Å². The number of benzene rings is 1. The second kappa shape index (κ2) is 4.01. The van der Waals surface area contributed by atoms with Gasteiger partial charge in [-0.05, 0) is 36.0 Å². The van der Waals surface area contributed by atoms with Gasteiger partial charge in [-0.1, -0.05) is 19.1 Å². The standard InChI is InChI=1S/C12H17NO/c1-9-6-11(9)8-14-12-4-2-10(7-13)3-5-12/h2-5,9,11H,6-8,13H2,1H3/t9-,11-/m0/s1. The molecule has 0 amide bonds. The molecule has 2 N–H and O–H groups in total. The SMILES string of the molecule is C[C@H]1C[C@H]1COc1ccc(CN)cc1. The summed E-state index contributed by atoms with van der Waals surface area (Å²) in [6, 6.07) is 8.03. The van der Waals surface area contributed by atoms with Gasteiger partial charge in [0, 0.05) is 6.54 Å². The largest absolute Gasteiger partial charge is 0.493 e. The zero-order chi connectivity index (χ0) is 9.97. The molecule has 0 bridgehead atoms. The first kappa shape index (κ1) is 9.53. The molecule has 0 unspecified atom stereocenters. The summed E-state index contributed by atoms with van der Waals surface area (Å²) in [5.41, 5.74) is 6.66. The maximum atomic E-state index is 5.66. The van der Waals surface area contributed by atoms with E-state index in [1.165, 1.54) is 6.42 Å². The highest BCUT2D eigenvalue weighted by molar-refractivity contribution is 5.27. The van der Waals surface area contributed by atoms with Crippen molar-refractivity contribution in [3.05, 3.63) is 29.8 Å². The van der Waals surface area contributed by atoms with Crippen molar-refractivity contribution in [2.24, 2.45) is 17.6 Å². The Bertz CT molecular complexity index is 294. The van der Waals surface area contributed by atoms with E-state index in [-0.39, 0.29) is 0 Å². The molecule has 1 aromatic rings. The lowest BCUT2D eigenvalue weighted by Gasteiger charge is -2.05. The van der Waals surface area contributed by atoms with Gasteiger partial charge >= 0.3 is 0 Å². The molecular weight excluding hydrogens is 174 g/mol. The van der Waals surface area contributed by atoms with Crippen molar-refractivity contribution in [3.8, 4) is 5.75 Å². The molecule has 2 rings (SSSR count). The molecule has 0 heterocycles. The lowest BCUT2D eigenvalue weighted by atomic mass is 10.2. The summed E-state index contributed by atoms with van der Waals surface area (Å²) >= 11 is 0. The smallest absolute Gasteiger partial charge is 0.119 e. The van der Waals surface area contributed by atoms with Crippen LogP contribution in [-0.2, 0) is 6.54 Å². The first-order chi connectivity index (χ1) is 6.79. The van der Waals surface area contributed by atoms with Crippen LogP contribution in [0.25, 0.3) is 0 Å². The minimum Gasteiger partial charge on any atom is -0.493 e. The summed E-state index contributed by atoms with van der Waals surface area (Å²) < 4.78 is 5.66. The Morgan fingerprint density at radius 2 is 2.00 bits per heavy atom. The van der Waals surface area contributed by atoms with E-state index in [2.05, 4.69) is 6.92 Å². The van der Waals surface area contributed by atoms with Crippen molar-refractivity contribution in [3.63, 3.8) is 0 Å². The summed E-state index contributed by atoms with van der Waals surface area (Å²) in [5, 5.41) is 0. The third-order valence-corrected chi connectivity index (χ3v) is 2.90. The van der Waals surface area contributed by atoms with Gasteiger partial charge in [0.2, 0.25) is 0 Å². The summed E-state index contributed by atoms with van der Waals surface area (Å²) in [5.74, 6) is 2.60. The van der Waals surface area contributed by atoms with Crippen molar-refractivity contribution in [1.29, 1.82) is 0 Å². The zero-order valence-corrected chi connectivity index (χ0v) is 8.57. The summed E-state index contributed by atoms with van der Waals surface area (Å²) in [6.45, 7) is 3.73. The molecule has 0 saturated heterocycles. The van der Waals surface area contributed by atoms with Gasteiger partial charge in [0.15, 0.2) is 0 Å². The molecule has 14 heavy (non-hydrogen) atoms. The third-order valence-electron chi connectivity index (χ3n) is 2.90. The maximum absolute atomic E-state index is 5.66. The van der Waals surface area contributed by atoms with Gasteiger partial charge in [-0.15, -0.1) is 0 Å². The lowest BCUT2D eigenvalue weighted by molar-refractivity contribution is 0.293. The van der Waals surface area contributed by atoms with Gasteiger partial charge in [0.1, 0.15) is 5.75 Å². The summed E-state index contributed by atoms with van der Waals surface area (Å²) in [7, 11) is 0. The minimum atomic E-state index is 0.597. The molecule has 2 heteroatoms. The average molecular weight is 191 g/mol. The highest BCUT2D eigenvalue weighted by Crippen LogP contribution is 2.37. The van der Waals surface area contributed by atoms with E-state index in [4.69, 9.17) is 10.5 Å². The maximum Gasteiger partial charge on any atom is 0.119 e. The summed E-state index contributed by atoms with van der Waals surface area (Å²) in [6.07, 6.45) is 1.32. The summed E-state index contributed by atoms with van der Waals surface area (Å²) in [4.78, 5) is 0. The highest BCUT2D eigenvalue weighted by Gasteiger charge is 2.32. The first-order valence-corrected chi connectivity index (χ1v) is 5.21. The molecule has 2 atom stereocenters. The van der Waals surface area contributed by atoms with E-state index in [1.807, 2.05) is 24.3 Å². The van der Waals surface area contributed by atoms with Crippen molar-refractivity contribution in [2.45, 2.75) is 19.9 Å². The zero-order valence-electron chi connectivity index (χ0n) is 8.57. The van der Waals surface area contributed by atoms with Crippen molar-refractivity contribution >= 4 is 0 Å². The van der Waals surface area contributed by atoms with Crippen LogP contribution >= 0.6 is 0 Å². The Morgan fingerprint density at radius 1 is 1.36 bits per heavy atom. The van der Waals surface area contributed by atoms with E-state index >= 15 is 0 Å². The molecule has 2 nitrogen and oxygen atoms in total. The van der Waals surface area contributed by atoms with Crippen LogP contribution in [0.4, 0.5) is 0 Å². The molecule has 1 aromatic carbocycles. The molecular formula is C12H17NO. The first-order valence-electron chi connectivity index (χ1n) is 5.21. The predicted octanol–water partition coefficient (Wildman–Crippen LogP) is 2.18. The van der Waals surface area contributed by atoms with E-state index in [9.17, 15) is 0 Å². The molecule has 1 saturated carbocycles. The van der Waals surface area contributed by atoms with Crippen LogP contribution in [0.15, 0.2) is 24.3 Å². The molecule has 0 aliphatic heterocycles.